The van der Waals surface area contributed by atoms with Crippen LogP contribution in [0.25, 0.3) is 0 Å². The van der Waals surface area contributed by atoms with Crippen molar-refractivity contribution in [2.24, 2.45) is 17.8 Å². The van der Waals surface area contributed by atoms with Gasteiger partial charge >= 0.3 is 6.09 Å². The van der Waals surface area contributed by atoms with Crippen LogP contribution in [0.5, 0.6) is 0 Å². The Hall–Kier alpha value is -0.770. The van der Waals surface area contributed by atoms with Crippen LogP contribution in [-0.4, -0.2) is 30.3 Å². The molecule has 2 atom stereocenters. The highest BCUT2D eigenvalue weighted by Gasteiger charge is 2.61. The molecule has 1 aliphatic heterocycles. The normalized spacial score (nSPS) is 31.9. The standard InChI is InChI=1S/C13H24N2O2/c1-12(2,3)15-11(16)17-13(4,5)10-8-6-14-7-9(8)10/h8-10,14H,6-7H2,1-5H3,(H,15,16). The van der Waals surface area contributed by atoms with Gasteiger partial charge in [0.2, 0.25) is 0 Å². The number of carbonyl (C=O) groups is 1. The Kier molecular flexibility index (Phi) is 2.89. The first kappa shape index (κ1) is 12.7. The lowest BCUT2D eigenvalue weighted by Crippen LogP contribution is -2.45. The number of ether oxygens (including phenoxy) is 1. The zero-order valence-electron chi connectivity index (χ0n) is 11.5. The SMILES string of the molecule is CC(C)(C)NC(=O)OC(C)(C)C1C2CNCC21. The molecule has 1 amide bonds. The maximum Gasteiger partial charge on any atom is 0.408 e. The Morgan fingerprint density at radius 1 is 1.18 bits per heavy atom. The molecule has 2 N–H and O–H groups in total. The van der Waals surface area contributed by atoms with Crippen LogP contribution in [0.1, 0.15) is 34.6 Å². The monoisotopic (exact) mass is 240 g/mol. The molecule has 0 spiro atoms. The van der Waals surface area contributed by atoms with Crippen molar-refractivity contribution in [2.75, 3.05) is 13.1 Å². The summed E-state index contributed by atoms with van der Waals surface area (Å²) in [6.07, 6.45) is -0.305. The molecule has 98 valence electrons. The van der Waals surface area contributed by atoms with E-state index in [2.05, 4.69) is 10.6 Å². The van der Waals surface area contributed by atoms with E-state index in [4.69, 9.17) is 4.74 Å². The fourth-order valence-electron chi connectivity index (χ4n) is 3.09. The van der Waals surface area contributed by atoms with Crippen molar-refractivity contribution in [2.45, 2.75) is 45.8 Å². The second kappa shape index (κ2) is 3.87. The summed E-state index contributed by atoms with van der Waals surface area (Å²) in [5.41, 5.74) is -0.596. The van der Waals surface area contributed by atoms with E-state index < -0.39 is 0 Å². The van der Waals surface area contributed by atoms with Gasteiger partial charge in [-0.1, -0.05) is 0 Å². The van der Waals surface area contributed by atoms with Gasteiger partial charge < -0.3 is 15.4 Å². The van der Waals surface area contributed by atoms with Gasteiger partial charge in [-0.2, -0.15) is 0 Å². The van der Waals surface area contributed by atoms with Gasteiger partial charge in [0.05, 0.1) is 0 Å². The Balaban J connectivity index is 1.87. The molecule has 1 aliphatic carbocycles. The number of fused-ring (bicyclic) bond motifs is 1. The van der Waals surface area contributed by atoms with Crippen molar-refractivity contribution < 1.29 is 9.53 Å². The molecule has 2 fully saturated rings. The van der Waals surface area contributed by atoms with E-state index in [0.29, 0.717) is 17.8 Å². The quantitative estimate of drug-likeness (QED) is 0.773. The lowest BCUT2D eigenvalue weighted by molar-refractivity contribution is 0.0105. The molecule has 0 aromatic heterocycles. The minimum Gasteiger partial charge on any atom is -0.443 e. The number of carbonyl (C=O) groups excluding carboxylic acids is 1. The van der Waals surface area contributed by atoms with Crippen LogP contribution in [0.4, 0.5) is 4.79 Å². The van der Waals surface area contributed by atoms with Gasteiger partial charge in [-0.15, -0.1) is 0 Å². The predicted octanol–water partition coefficient (Wildman–Crippen LogP) is 1.76. The third-order valence-corrected chi connectivity index (χ3v) is 3.73. The first-order valence-electron chi connectivity index (χ1n) is 6.42. The van der Waals surface area contributed by atoms with E-state index in [1.807, 2.05) is 34.6 Å². The van der Waals surface area contributed by atoms with Crippen LogP contribution in [0, 0.1) is 17.8 Å². The van der Waals surface area contributed by atoms with Gasteiger partial charge in [0.15, 0.2) is 0 Å². The fourth-order valence-corrected chi connectivity index (χ4v) is 3.09. The van der Waals surface area contributed by atoms with Crippen molar-refractivity contribution in [3.05, 3.63) is 0 Å². The molecule has 0 aromatic carbocycles. The Morgan fingerprint density at radius 2 is 1.71 bits per heavy atom. The molecular formula is C13H24N2O2. The topological polar surface area (TPSA) is 50.4 Å². The van der Waals surface area contributed by atoms with Crippen LogP contribution in [0.3, 0.4) is 0 Å². The lowest BCUT2D eigenvalue weighted by Gasteiger charge is -2.29. The average Bonchev–Trinajstić information content (AvgIpc) is 2.60. The van der Waals surface area contributed by atoms with E-state index in [-0.39, 0.29) is 17.2 Å². The molecular weight excluding hydrogens is 216 g/mol. The van der Waals surface area contributed by atoms with Crippen molar-refractivity contribution in [3.63, 3.8) is 0 Å². The van der Waals surface area contributed by atoms with E-state index in [9.17, 15) is 4.79 Å². The minimum atomic E-state index is -0.354. The van der Waals surface area contributed by atoms with Crippen molar-refractivity contribution >= 4 is 6.09 Å². The molecule has 4 nitrogen and oxygen atoms in total. The zero-order chi connectivity index (χ0) is 12.8. The number of amides is 1. The number of piperidine rings is 1. The Labute approximate surface area is 103 Å². The highest BCUT2D eigenvalue weighted by molar-refractivity contribution is 5.68. The molecule has 17 heavy (non-hydrogen) atoms. The maximum absolute atomic E-state index is 11.8. The van der Waals surface area contributed by atoms with Crippen LogP contribution in [0.15, 0.2) is 0 Å². The summed E-state index contributed by atoms with van der Waals surface area (Å²) in [6.45, 7) is 12.1. The van der Waals surface area contributed by atoms with E-state index in [0.717, 1.165) is 13.1 Å². The van der Waals surface area contributed by atoms with E-state index in [1.54, 1.807) is 0 Å². The van der Waals surface area contributed by atoms with Gasteiger partial charge in [0.1, 0.15) is 5.60 Å². The van der Waals surface area contributed by atoms with Crippen molar-refractivity contribution in [1.82, 2.24) is 10.6 Å². The molecule has 0 radical (unpaired) electrons. The van der Waals surface area contributed by atoms with Gasteiger partial charge in [0.25, 0.3) is 0 Å². The average molecular weight is 240 g/mol. The molecule has 2 unspecified atom stereocenters. The van der Waals surface area contributed by atoms with Crippen LogP contribution < -0.4 is 10.6 Å². The number of rotatable bonds is 2. The first-order chi connectivity index (χ1) is 7.71. The van der Waals surface area contributed by atoms with Crippen molar-refractivity contribution in [1.29, 1.82) is 0 Å². The molecule has 1 heterocycles. The molecule has 1 saturated carbocycles. The number of nitrogens with one attached hydrogen (secondary N) is 2. The molecule has 4 heteroatoms. The summed E-state index contributed by atoms with van der Waals surface area (Å²) in [4.78, 5) is 11.8. The molecule has 2 rings (SSSR count). The van der Waals surface area contributed by atoms with Gasteiger partial charge in [-0.25, -0.2) is 4.79 Å². The number of alkyl carbamates (subject to hydrolysis) is 1. The second-order valence-electron chi connectivity index (χ2n) is 6.88. The fraction of sp³-hybridized carbons (Fsp3) is 0.923. The summed E-state index contributed by atoms with van der Waals surface area (Å²) in [5.74, 6) is 1.93. The summed E-state index contributed by atoms with van der Waals surface area (Å²) in [6, 6.07) is 0. The maximum atomic E-state index is 11.8. The summed E-state index contributed by atoms with van der Waals surface area (Å²) >= 11 is 0. The largest absolute Gasteiger partial charge is 0.443 e. The van der Waals surface area contributed by atoms with Gasteiger partial charge in [-0.3, -0.25) is 0 Å². The Morgan fingerprint density at radius 3 is 2.18 bits per heavy atom. The smallest absolute Gasteiger partial charge is 0.408 e. The first-order valence-corrected chi connectivity index (χ1v) is 6.42. The molecule has 0 aromatic rings. The lowest BCUT2D eigenvalue weighted by atomic mass is 9.99. The summed E-state index contributed by atoms with van der Waals surface area (Å²) in [5, 5.41) is 6.21. The van der Waals surface area contributed by atoms with E-state index >= 15 is 0 Å². The van der Waals surface area contributed by atoms with Crippen LogP contribution in [0.2, 0.25) is 0 Å². The zero-order valence-corrected chi connectivity index (χ0v) is 11.5. The van der Waals surface area contributed by atoms with Gasteiger partial charge in [-0.05, 0) is 59.5 Å². The number of hydrogen-bond acceptors (Lipinski definition) is 3. The summed E-state index contributed by atoms with van der Waals surface area (Å²) in [7, 11) is 0. The van der Waals surface area contributed by atoms with Crippen LogP contribution in [-0.2, 0) is 4.74 Å². The molecule has 0 bridgehead atoms. The van der Waals surface area contributed by atoms with E-state index in [1.165, 1.54) is 0 Å². The summed E-state index contributed by atoms with van der Waals surface area (Å²) < 4.78 is 5.60. The second-order valence-corrected chi connectivity index (χ2v) is 6.88. The highest BCUT2D eigenvalue weighted by atomic mass is 16.6. The third-order valence-electron chi connectivity index (χ3n) is 3.73. The Bertz CT molecular complexity index is 310. The molecule has 1 saturated heterocycles. The number of hydrogen-bond donors (Lipinski definition) is 2. The predicted molar refractivity (Wildman–Crippen MR) is 66.8 cm³/mol. The third kappa shape index (κ3) is 2.73. The highest BCUT2D eigenvalue weighted by Crippen LogP contribution is 2.55. The molecule has 2 aliphatic rings. The van der Waals surface area contributed by atoms with Crippen LogP contribution >= 0.6 is 0 Å². The van der Waals surface area contributed by atoms with Crippen molar-refractivity contribution in [3.8, 4) is 0 Å². The minimum absolute atomic E-state index is 0.242. The van der Waals surface area contributed by atoms with Gasteiger partial charge in [0, 0.05) is 11.5 Å².